The SMILES string of the molecule is CN1CC2CN(c3ccccc3F)C3(CCN(C4CCCCCCCCC4)CC3)C2C1. The molecule has 3 aliphatic heterocycles. The normalized spacial score (nSPS) is 31.2. The van der Waals surface area contributed by atoms with Crippen LogP contribution in [0.2, 0.25) is 0 Å². The maximum atomic E-state index is 14.9. The lowest BCUT2D eigenvalue weighted by Crippen LogP contribution is -2.58. The molecular weight excluding hydrogens is 385 g/mol. The van der Waals surface area contributed by atoms with E-state index >= 15 is 0 Å². The summed E-state index contributed by atoms with van der Waals surface area (Å²) in [6, 6.07) is 8.30. The van der Waals surface area contributed by atoms with E-state index in [2.05, 4.69) is 21.7 Å². The van der Waals surface area contributed by atoms with E-state index in [0.29, 0.717) is 11.8 Å². The summed E-state index contributed by atoms with van der Waals surface area (Å²) in [6.45, 7) is 5.77. The molecule has 0 radical (unpaired) electrons. The Labute approximate surface area is 189 Å². The lowest BCUT2D eigenvalue weighted by molar-refractivity contribution is 0.0826. The van der Waals surface area contributed by atoms with Crippen LogP contribution in [0.15, 0.2) is 24.3 Å². The molecule has 172 valence electrons. The number of benzene rings is 1. The Morgan fingerprint density at radius 1 is 0.839 bits per heavy atom. The van der Waals surface area contributed by atoms with Gasteiger partial charge in [0.1, 0.15) is 5.82 Å². The first-order valence-corrected chi connectivity index (χ1v) is 13.1. The molecule has 1 aromatic carbocycles. The van der Waals surface area contributed by atoms with Crippen LogP contribution in [0.3, 0.4) is 0 Å². The van der Waals surface area contributed by atoms with Gasteiger partial charge in [-0.05, 0) is 50.8 Å². The maximum Gasteiger partial charge on any atom is 0.146 e. The van der Waals surface area contributed by atoms with Crippen LogP contribution in [0.1, 0.15) is 70.6 Å². The van der Waals surface area contributed by atoms with Gasteiger partial charge >= 0.3 is 0 Å². The molecule has 0 bridgehead atoms. The molecule has 4 aliphatic rings. The number of piperidine rings is 1. The highest BCUT2D eigenvalue weighted by molar-refractivity contribution is 5.53. The van der Waals surface area contributed by atoms with Crippen LogP contribution < -0.4 is 4.90 Å². The summed E-state index contributed by atoms with van der Waals surface area (Å²) >= 11 is 0. The second-order valence-electron chi connectivity index (χ2n) is 11.0. The van der Waals surface area contributed by atoms with Gasteiger partial charge in [-0.2, -0.15) is 0 Å². The van der Waals surface area contributed by atoms with Gasteiger partial charge < -0.3 is 14.7 Å². The summed E-state index contributed by atoms with van der Waals surface area (Å²) in [7, 11) is 2.27. The summed E-state index contributed by atoms with van der Waals surface area (Å²) in [5, 5.41) is 0. The molecule has 3 saturated heterocycles. The number of rotatable bonds is 2. The highest BCUT2D eigenvalue weighted by Crippen LogP contribution is 2.51. The average molecular weight is 428 g/mol. The molecule has 0 N–H and O–H groups in total. The van der Waals surface area contributed by atoms with Crippen molar-refractivity contribution in [2.45, 2.75) is 82.2 Å². The molecule has 2 atom stereocenters. The van der Waals surface area contributed by atoms with Crippen LogP contribution in [-0.4, -0.2) is 61.2 Å². The summed E-state index contributed by atoms with van der Waals surface area (Å²) in [6.07, 6.45) is 15.1. The van der Waals surface area contributed by atoms with Crippen LogP contribution in [0, 0.1) is 17.7 Å². The van der Waals surface area contributed by atoms with Crippen molar-refractivity contribution in [2.24, 2.45) is 11.8 Å². The molecule has 2 unspecified atom stereocenters. The highest BCUT2D eigenvalue weighted by Gasteiger charge is 2.57. The van der Waals surface area contributed by atoms with E-state index in [1.54, 1.807) is 6.07 Å². The average Bonchev–Trinajstić information content (AvgIpc) is 3.29. The summed E-state index contributed by atoms with van der Waals surface area (Å²) in [5.41, 5.74) is 0.996. The van der Waals surface area contributed by atoms with Crippen molar-refractivity contribution in [1.29, 1.82) is 0 Å². The molecule has 3 nitrogen and oxygen atoms in total. The number of likely N-dealkylation sites (tertiary alicyclic amines) is 2. The van der Waals surface area contributed by atoms with Gasteiger partial charge in [0.05, 0.1) is 5.69 Å². The third-order valence-electron chi connectivity index (χ3n) is 9.17. The summed E-state index contributed by atoms with van der Waals surface area (Å²) in [4.78, 5) is 7.87. The molecular formula is C27H42FN3. The topological polar surface area (TPSA) is 9.72 Å². The fourth-order valence-corrected chi connectivity index (χ4v) is 7.58. The lowest BCUT2D eigenvalue weighted by atomic mass is 9.74. The zero-order valence-corrected chi connectivity index (χ0v) is 19.6. The van der Waals surface area contributed by atoms with Gasteiger partial charge in [-0.15, -0.1) is 0 Å². The zero-order valence-electron chi connectivity index (χ0n) is 19.6. The fraction of sp³-hybridized carbons (Fsp3) is 0.778. The highest BCUT2D eigenvalue weighted by atomic mass is 19.1. The molecule has 3 heterocycles. The van der Waals surface area contributed by atoms with Gasteiger partial charge in [-0.1, -0.05) is 57.1 Å². The van der Waals surface area contributed by atoms with E-state index in [0.717, 1.165) is 18.3 Å². The Hall–Kier alpha value is -1.13. The van der Waals surface area contributed by atoms with Crippen molar-refractivity contribution in [3.63, 3.8) is 0 Å². The minimum atomic E-state index is -0.0371. The van der Waals surface area contributed by atoms with Crippen LogP contribution in [-0.2, 0) is 0 Å². The molecule has 0 aromatic heterocycles. The van der Waals surface area contributed by atoms with Gasteiger partial charge in [0.15, 0.2) is 0 Å². The first-order valence-electron chi connectivity index (χ1n) is 13.1. The molecule has 4 heteroatoms. The van der Waals surface area contributed by atoms with Crippen LogP contribution in [0.4, 0.5) is 10.1 Å². The third kappa shape index (κ3) is 4.27. The number of para-hydroxylation sites is 1. The molecule has 1 aromatic rings. The fourth-order valence-electron chi connectivity index (χ4n) is 7.58. The second kappa shape index (κ2) is 9.39. The molecule has 31 heavy (non-hydrogen) atoms. The van der Waals surface area contributed by atoms with Gasteiger partial charge in [-0.25, -0.2) is 4.39 Å². The van der Waals surface area contributed by atoms with Crippen molar-refractivity contribution in [3.8, 4) is 0 Å². The first-order chi connectivity index (χ1) is 15.2. The van der Waals surface area contributed by atoms with E-state index in [4.69, 9.17) is 0 Å². The second-order valence-corrected chi connectivity index (χ2v) is 11.0. The van der Waals surface area contributed by atoms with Gasteiger partial charge in [-0.3, -0.25) is 0 Å². The molecule has 0 amide bonds. The largest absolute Gasteiger partial charge is 0.363 e. The Bertz CT molecular complexity index is 719. The van der Waals surface area contributed by atoms with E-state index in [-0.39, 0.29) is 11.4 Å². The van der Waals surface area contributed by atoms with Crippen LogP contribution in [0.25, 0.3) is 0 Å². The minimum Gasteiger partial charge on any atom is -0.363 e. The number of anilines is 1. The molecule has 1 aliphatic carbocycles. The number of hydrogen-bond acceptors (Lipinski definition) is 3. The molecule has 1 saturated carbocycles. The Morgan fingerprint density at radius 3 is 2.16 bits per heavy atom. The number of hydrogen-bond donors (Lipinski definition) is 0. The number of halogens is 1. The lowest BCUT2D eigenvalue weighted by Gasteiger charge is -2.50. The van der Waals surface area contributed by atoms with Crippen LogP contribution >= 0.6 is 0 Å². The predicted octanol–water partition coefficient (Wildman–Crippen LogP) is 5.55. The van der Waals surface area contributed by atoms with Crippen molar-refractivity contribution in [2.75, 3.05) is 44.7 Å². The molecule has 5 rings (SSSR count). The predicted molar refractivity (Wildman–Crippen MR) is 127 cm³/mol. The molecule has 4 fully saturated rings. The smallest absolute Gasteiger partial charge is 0.146 e. The third-order valence-corrected chi connectivity index (χ3v) is 9.17. The Balaban J connectivity index is 1.33. The quantitative estimate of drug-likeness (QED) is 0.612. The van der Waals surface area contributed by atoms with Gasteiger partial charge in [0, 0.05) is 50.2 Å². The molecule has 1 spiro atoms. The van der Waals surface area contributed by atoms with Crippen molar-refractivity contribution < 1.29 is 4.39 Å². The number of nitrogens with zero attached hydrogens (tertiary/aromatic N) is 3. The van der Waals surface area contributed by atoms with Crippen molar-refractivity contribution in [3.05, 3.63) is 30.1 Å². The summed E-state index contributed by atoms with van der Waals surface area (Å²) in [5.74, 6) is 1.33. The maximum absolute atomic E-state index is 14.9. The van der Waals surface area contributed by atoms with Crippen molar-refractivity contribution >= 4 is 5.69 Å². The minimum absolute atomic E-state index is 0.0371. The Morgan fingerprint density at radius 2 is 1.48 bits per heavy atom. The Kier molecular flexibility index (Phi) is 6.57. The first kappa shape index (κ1) is 21.7. The summed E-state index contributed by atoms with van der Waals surface area (Å²) < 4.78 is 14.9. The zero-order chi connectivity index (χ0) is 21.3. The standard InChI is InChI=1S/C27H42FN3/c1-29-19-22-20-31(26-14-10-9-13-25(26)28)27(24(22)21-29)15-17-30(18-16-27)23-11-7-5-3-2-4-6-8-12-23/h9-10,13-14,22-24H,2-8,11-12,15-21H2,1H3. The monoisotopic (exact) mass is 427 g/mol. The van der Waals surface area contributed by atoms with E-state index in [1.165, 1.54) is 96.8 Å². The van der Waals surface area contributed by atoms with E-state index < -0.39 is 0 Å². The number of fused-ring (bicyclic) bond motifs is 2. The van der Waals surface area contributed by atoms with Crippen molar-refractivity contribution in [1.82, 2.24) is 9.80 Å². The van der Waals surface area contributed by atoms with E-state index in [9.17, 15) is 4.39 Å². The van der Waals surface area contributed by atoms with Gasteiger partial charge in [0.2, 0.25) is 0 Å². The van der Waals surface area contributed by atoms with Crippen LogP contribution in [0.5, 0.6) is 0 Å². The van der Waals surface area contributed by atoms with E-state index in [1.807, 2.05) is 18.2 Å². The van der Waals surface area contributed by atoms with Gasteiger partial charge in [0.25, 0.3) is 0 Å².